The summed E-state index contributed by atoms with van der Waals surface area (Å²) < 4.78 is 4.90. The first kappa shape index (κ1) is 11.8. The van der Waals surface area contributed by atoms with Crippen molar-refractivity contribution in [3.8, 4) is 5.75 Å². The van der Waals surface area contributed by atoms with Gasteiger partial charge in [0.1, 0.15) is 5.75 Å². The highest BCUT2D eigenvalue weighted by molar-refractivity contribution is 6.30. The number of ether oxygens (including phenoxy) is 1. The monoisotopic (exact) mass is 229 g/mol. The highest BCUT2D eigenvalue weighted by Gasteiger charge is 2.05. The van der Waals surface area contributed by atoms with Crippen LogP contribution in [0.4, 0.5) is 4.79 Å². The molecule has 15 heavy (non-hydrogen) atoms. The summed E-state index contributed by atoms with van der Waals surface area (Å²) in [5.41, 5.74) is 0. The van der Waals surface area contributed by atoms with E-state index in [1.54, 1.807) is 25.1 Å². The lowest BCUT2D eigenvalue weighted by atomic mass is 10.3. The summed E-state index contributed by atoms with van der Waals surface area (Å²) in [5, 5.41) is 11.8. The summed E-state index contributed by atoms with van der Waals surface area (Å²) in [5.74, 6) is 0.366. The number of hydrogen-bond donors (Lipinski definition) is 2. The zero-order valence-corrected chi connectivity index (χ0v) is 8.99. The van der Waals surface area contributed by atoms with E-state index in [9.17, 15) is 4.79 Å². The first-order chi connectivity index (χ1) is 7.08. The maximum atomic E-state index is 11.1. The average Bonchev–Trinajstić information content (AvgIpc) is 2.15. The molecule has 1 atom stereocenters. The van der Waals surface area contributed by atoms with Gasteiger partial charge in [0.25, 0.3) is 0 Å². The Bertz CT molecular complexity index is 341. The highest BCUT2D eigenvalue weighted by Crippen LogP contribution is 2.16. The smallest absolute Gasteiger partial charge is 0.410 e. The number of amides is 1. The van der Waals surface area contributed by atoms with Gasteiger partial charge in [0.15, 0.2) is 0 Å². The molecule has 0 saturated heterocycles. The maximum Gasteiger partial charge on any atom is 0.412 e. The van der Waals surface area contributed by atoms with E-state index < -0.39 is 12.2 Å². The third-order valence-electron chi connectivity index (χ3n) is 1.55. The molecule has 0 saturated carbocycles. The van der Waals surface area contributed by atoms with Crippen molar-refractivity contribution in [2.45, 2.75) is 13.0 Å². The Morgan fingerprint density at radius 1 is 1.67 bits per heavy atom. The van der Waals surface area contributed by atoms with Crippen molar-refractivity contribution in [2.24, 2.45) is 0 Å². The van der Waals surface area contributed by atoms with Gasteiger partial charge in [0.05, 0.1) is 6.10 Å². The Hall–Kier alpha value is -1.26. The van der Waals surface area contributed by atoms with Gasteiger partial charge in [-0.3, -0.25) is 0 Å². The van der Waals surface area contributed by atoms with Gasteiger partial charge < -0.3 is 15.2 Å². The van der Waals surface area contributed by atoms with Crippen LogP contribution in [0.1, 0.15) is 6.92 Å². The summed E-state index contributed by atoms with van der Waals surface area (Å²) in [6.07, 6.45) is -1.21. The van der Waals surface area contributed by atoms with Crippen molar-refractivity contribution < 1.29 is 14.6 Å². The van der Waals surface area contributed by atoms with Crippen LogP contribution >= 0.6 is 11.6 Å². The first-order valence-corrected chi connectivity index (χ1v) is 4.85. The largest absolute Gasteiger partial charge is 0.412 e. The van der Waals surface area contributed by atoms with E-state index in [1.165, 1.54) is 6.07 Å². The summed E-state index contributed by atoms with van der Waals surface area (Å²) in [6.45, 7) is 1.72. The van der Waals surface area contributed by atoms with Crippen molar-refractivity contribution in [1.82, 2.24) is 5.32 Å². The van der Waals surface area contributed by atoms with Crippen LogP contribution in [-0.2, 0) is 0 Å². The maximum absolute atomic E-state index is 11.1. The molecule has 0 heterocycles. The van der Waals surface area contributed by atoms with Crippen LogP contribution in [-0.4, -0.2) is 23.8 Å². The second kappa shape index (κ2) is 5.58. The second-order valence-electron chi connectivity index (χ2n) is 3.08. The lowest BCUT2D eigenvalue weighted by Crippen LogP contribution is -2.32. The number of hydrogen-bond acceptors (Lipinski definition) is 3. The zero-order chi connectivity index (χ0) is 11.3. The van der Waals surface area contributed by atoms with Gasteiger partial charge in [0, 0.05) is 11.6 Å². The van der Waals surface area contributed by atoms with Gasteiger partial charge in [-0.1, -0.05) is 17.7 Å². The fourth-order valence-electron chi connectivity index (χ4n) is 0.905. The van der Waals surface area contributed by atoms with E-state index in [-0.39, 0.29) is 6.54 Å². The fraction of sp³-hybridized carbons (Fsp3) is 0.300. The molecule has 1 unspecified atom stereocenters. The predicted octanol–water partition coefficient (Wildman–Crippen LogP) is 1.81. The quantitative estimate of drug-likeness (QED) is 0.831. The predicted molar refractivity (Wildman–Crippen MR) is 57.2 cm³/mol. The molecule has 1 aromatic carbocycles. The molecule has 2 N–H and O–H groups in total. The molecule has 0 aliphatic rings. The van der Waals surface area contributed by atoms with Crippen LogP contribution in [0, 0.1) is 0 Å². The van der Waals surface area contributed by atoms with Gasteiger partial charge in [-0.25, -0.2) is 4.79 Å². The van der Waals surface area contributed by atoms with E-state index in [4.69, 9.17) is 21.4 Å². The SMILES string of the molecule is CC(O)CNC(=O)Oc1cccc(Cl)c1. The lowest BCUT2D eigenvalue weighted by Gasteiger charge is -2.07. The topological polar surface area (TPSA) is 58.6 Å². The lowest BCUT2D eigenvalue weighted by molar-refractivity contribution is 0.172. The van der Waals surface area contributed by atoms with E-state index >= 15 is 0 Å². The van der Waals surface area contributed by atoms with Gasteiger partial charge in [-0.15, -0.1) is 0 Å². The van der Waals surface area contributed by atoms with E-state index in [0.29, 0.717) is 10.8 Å². The number of halogens is 1. The number of aliphatic hydroxyl groups is 1. The summed E-state index contributed by atoms with van der Waals surface area (Å²) in [6, 6.07) is 6.51. The van der Waals surface area contributed by atoms with E-state index in [0.717, 1.165) is 0 Å². The average molecular weight is 230 g/mol. The Labute approximate surface area is 92.8 Å². The Balaban J connectivity index is 2.44. The van der Waals surface area contributed by atoms with Crippen molar-refractivity contribution in [3.05, 3.63) is 29.3 Å². The number of rotatable bonds is 3. The summed E-state index contributed by atoms with van der Waals surface area (Å²) in [4.78, 5) is 11.1. The minimum atomic E-state index is -0.613. The molecule has 5 heteroatoms. The highest BCUT2D eigenvalue weighted by atomic mass is 35.5. The molecule has 0 radical (unpaired) electrons. The molecule has 4 nitrogen and oxygen atoms in total. The van der Waals surface area contributed by atoms with Crippen molar-refractivity contribution in [3.63, 3.8) is 0 Å². The molecule has 0 aliphatic heterocycles. The molecule has 0 aromatic heterocycles. The van der Waals surface area contributed by atoms with Crippen molar-refractivity contribution in [2.75, 3.05) is 6.54 Å². The van der Waals surface area contributed by atoms with Crippen LogP contribution in [0.15, 0.2) is 24.3 Å². The van der Waals surface area contributed by atoms with Gasteiger partial charge in [0.2, 0.25) is 0 Å². The zero-order valence-electron chi connectivity index (χ0n) is 8.24. The minimum Gasteiger partial charge on any atom is -0.410 e. The number of carbonyl (C=O) groups is 1. The molecule has 0 aliphatic carbocycles. The van der Waals surface area contributed by atoms with Crippen LogP contribution in [0.5, 0.6) is 5.75 Å². The van der Waals surface area contributed by atoms with Gasteiger partial charge in [-0.2, -0.15) is 0 Å². The van der Waals surface area contributed by atoms with Crippen LogP contribution in [0.3, 0.4) is 0 Å². The molecule has 0 spiro atoms. The Morgan fingerprint density at radius 2 is 2.40 bits per heavy atom. The molecule has 1 amide bonds. The third-order valence-corrected chi connectivity index (χ3v) is 1.78. The van der Waals surface area contributed by atoms with Crippen LogP contribution in [0.2, 0.25) is 5.02 Å². The molecule has 82 valence electrons. The van der Waals surface area contributed by atoms with Gasteiger partial charge >= 0.3 is 6.09 Å². The van der Waals surface area contributed by atoms with Crippen molar-refractivity contribution >= 4 is 17.7 Å². The minimum absolute atomic E-state index is 0.152. The fourth-order valence-corrected chi connectivity index (χ4v) is 1.08. The standard InChI is InChI=1S/C10H12ClNO3/c1-7(13)6-12-10(14)15-9-4-2-3-8(11)5-9/h2-5,7,13H,6H2,1H3,(H,12,14). The molecule has 1 aromatic rings. The molecule has 0 bridgehead atoms. The second-order valence-corrected chi connectivity index (χ2v) is 3.51. The summed E-state index contributed by atoms with van der Waals surface area (Å²) >= 11 is 5.70. The Morgan fingerprint density at radius 3 is 3.00 bits per heavy atom. The van der Waals surface area contributed by atoms with Gasteiger partial charge in [-0.05, 0) is 25.1 Å². The molecule has 0 fully saturated rings. The molecular weight excluding hydrogens is 218 g/mol. The number of nitrogens with one attached hydrogen (secondary N) is 1. The third kappa shape index (κ3) is 4.67. The Kier molecular flexibility index (Phi) is 4.39. The van der Waals surface area contributed by atoms with E-state index in [1.807, 2.05) is 0 Å². The molecular formula is C10H12ClNO3. The normalized spacial score (nSPS) is 11.9. The number of aliphatic hydroxyl groups excluding tert-OH is 1. The number of carbonyl (C=O) groups excluding carboxylic acids is 1. The van der Waals surface area contributed by atoms with E-state index in [2.05, 4.69) is 5.32 Å². The van der Waals surface area contributed by atoms with Crippen LogP contribution in [0.25, 0.3) is 0 Å². The number of benzene rings is 1. The summed E-state index contributed by atoms with van der Waals surface area (Å²) in [7, 11) is 0. The van der Waals surface area contributed by atoms with Crippen LogP contribution < -0.4 is 10.1 Å². The van der Waals surface area contributed by atoms with Crippen molar-refractivity contribution in [1.29, 1.82) is 0 Å². The first-order valence-electron chi connectivity index (χ1n) is 4.47. The molecule has 1 rings (SSSR count).